The van der Waals surface area contributed by atoms with E-state index in [1.54, 1.807) is 6.07 Å². The monoisotopic (exact) mass is 546 g/mol. The lowest BCUT2D eigenvalue weighted by atomic mass is 9.86. The zero-order valence-corrected chi connectivity index (χ0v) is 22.6. The second-order valence-corrected chi connectivity index (χ2v) is 11.4. The number of benzene rings is 1. The van der Waals surface area contributed by atoms with E-state index in [-0.39, 0.29) is 12.6 Å². The van der Waals surface area contributed by atoms with Gasteiger partial charge in [-0.1, -0.05) is 35.5 Å². The lowest BCUT2D eigenvalue weighted by Crippen LogP contribution is -2.30. The highest BCUT2D eigenvalue weighted by atomic mass is 32.2. The molecule has 1 atom stereocenters. The van der Waals surface area contributed by atoms with Crippen molar-refractivity contribution in [3.8, 4) is 11.1 Å². The Balaban J connectivity index is 1.63. The molecule has 0 spiro atoms. The van der Waals surface area contributed by atoms with E-state index in [1.807, 2.05) is 32.2 Å². The van der Waals surface area contributed by atoms with Gasteiger partial charge in [0, 0.05) is 35.9 Å². The van der Waals surface area contributed by atoms with Gasteiger partial charge in [-0.25, -0.2) is 10.1 Å². The van der Waals surface area contributed by atoms with Gasteiger partial charge in [-0.3, -0.25) is 4.98 Å². The topological polar surface area (TPSA) is 138 Å². The third kappa shape index (κ3) is 4.94. The molecule has 0 saturated carbocycles. The number of pyridine rings is 2. The van der Waals surface area contributed by atoms with Crippen molar-refractivity contribution in [1.82, 2.24) is 24.4 Å². The van der Waals surface area contributed by atoms with Crippen LogP contribution in [0.25, 0.3) is 33.2 Å². The number of hydrogen-bond donors (Lipinski definition) is 2. The summed E-state index contributed by atoms with van der Waals surface area (Å²) in [5.41, 5.74) is 6.87. The average molecular weight is 547 g/mol. The van der Waals surface area contributed by atoms with Crippen LogP contribution in [0, 0.1) is 19.8 Å². The Morgan fingerprint density at radius 2 is 1.90 bits per heavy atom. The van der Waals surface area contributed by atoms with Crippen LogP contribution in [0.4, 0.5) is 0 Å². The van der Waals surface area contributed by atoms with Crippen LogP contribution in [0.5, 0.6) is 0 Å². The van der Waals surface area contributed by atoms with Crippen molar-refractivity contribution < 1.29 is 17.7 Å². The zero-order chi connectivity index (χ0) is 27.1. The molecule has 1 aliphatic rings. The van der Waals surface area contributed by atoms with E-state index in [4.69, 9.17) is 24.4 Å². The predicted octanol–water partition coefficient (Wildman–Crippen LogP) is 4.17. The van der Waals surface area contributed by atoms with Gasteiger partial charge in [-0.15, -0.1) is 0 Å². The quantitative estimate of drug-likeness (QED) is 0.312. The van der Waals surface area contributed by atoms with E-state index in [0.717, 1.165) is 57.5 Å². The Labute approximate surface area is 226 Å². The molecule has 0 radical (unpaired) electrons. The Morgan fingerprint density at radius 1 is 1.13 bits per heavy atom. The number of aryl methyl sites for hydroxylation is 2. The van der Waals surface area contributed by atoms with Gasteiger partial charge >= 0.3 is 0 Å². The van der Waals surface area contributed by atoms with Crippen LogP contribution in [-0.2, 0) is 21.5 Å². The second-order valence-electron chi connectivity index (χ2n) is 10.0. The van der Waals surface area contributed by atoms with Crippen LogP contribution < -0.4 is 9.86 Å². The summed E-state index contributed by atoms with van der Waals surface area (Å²) < 4.78 is 39.0. The van der Waals surface area contributed by atoms with E-state index in [1.165, 1.54) is 5.56 Å². The van der Waals surface area contributed by atoms with Gasteiger partial charge in [0.15, 0.2) is 0 Å². The number of ether oxygens (including phenoxy) is 1. The molecule has 1 aliphatic heterocycles. The molecule has 6 rings (SSSR count). The fourth-order valence-corrected chi connectivity index (χ4v) is 6.06. The van der Waals surface area contributed by atoms with Crippen molar-refractivity contribution in [1.29, 1.82) is 0 Å². The maximum Gasteiger partial charge on any atom is 0.274 e. The molecular formula is C28H30N6O4S. The van der Waals surface area contributed by atoms with Crippen LogP contribution in [0.15, 0.2) is 59.3 Å². The lowest BCUT2D eigenvalue weighted by molar-refractivity contribution is 0.0552. The molecule has 0 amide bonds. The maximum absolute atomic E-state index is 11.6. The number of aromatic nitrogens is 4. The van der Waals surface area contributed by atoms with Gasteiger partial charge in [0.1, 0.15) is 11.4 Å². The smallest absolute Gasteiger partial charge is 0.274 e. The van der Waals surface area contributed by atoms with Crippen molar-refractivity contribution in [2.45, 2.75) is 39.3 Å². The minimum absolute atomic E-state index is 0.0126. The highest BCUT2D eigenvalue weighted by molar-refractivity contribution is 7.87. The molecule has 39 heavy (non-hydrogen) atoms. The standard InChI is InChI=1S/C28H30N6O4S/c1-17-25(18(2)38-33-17)21-14-24-26(30-15-21)23-9-8-22(16-31-39(29,35)36)32-28(23)34(24)27(19-6-4-3-5-7-19)20-10-12-37-13-11-20/h3-9,14-15,20,27,31H,10-13,16H2,1-2H3,(H2,29,35,36). The Kier molecular flexibility index (Phi) is 6.67. The van der Waals surface area contributed by atoms with Crippen LogP contribution in [0.2, 0.25) is 0 Å². The molecule has 0 bridgehead atoms. The van der Waals surface area contributed by atoms with Crippen molar-refractivity contribution in [2.75, 3.05) is 13.2 Å². The van der Waals surface area contributed by atoms with Gasteiger partial charge in [0.25, 0.3) is 10.2 Å². The molecule has 1 aromatic carbocycles. The van der Waals surface area contributed by atoms with Crippen molar-refractivity contribution in [3.63, 3.8) is 0 Å². The minimum Gasteiger partial charge on any atom is -0.381 e. The average Bonchev–Trinajstić information content (AvgIpc) is 3.44. The molecule has 0 aliphatic carbocycles. The summed E-state index contributed by atoms with van der Waals surface area (Å²) in [5, 5.41) is 10.2. The van der Waals surface area contributed by atoms with Gasteiger partial charge in [0.05, 0.1) is 35.0 Å². The first-order valence-corrected chi connectivity index (χ1v) is 14.5. The summed E-state index contributed by atoms with van der Waals surface area (Å²) in [7, 11) is -3.86. The summed E-state index contributed by atoms with van der Waals surface area (Å²) in [6, 6.07) is 16.3. The number of nitrogens with one attached hydrogen (secondary N) is 1. The molecule has 1 fully saturated rings. The van der Waals surface area contributed by atoms with Crippen molar-refractivity contribution in [3.05, 3.63) is 77.4 Å². The van der Waals surface area contributed by atoms with Crippen molar-refractivity contribution in [2.24, 2.45) is 11.1 Å². The second kappa shape index (κ2) is 10.2. The van der Waals surface area contributed by atoms with Gasteiger partial charge in [0.2, 0.25) is 0 Å². The molecule has 11 heteroatoms. The fourth-order valence-electron chi connectivity index (χ4n) is 5.71. The Hall–Kier alpha value is -3.64. The first-order chi connectivity index (χ1) is 18.8. The summed E-state index contributed by atoms with van der Waals surface area (Å²) >= 11 is 0. The molecule has 1 saturated heterocycles. The van der Waals surface area contributed by atoms with E-state index in [2.05, 4.69) is 44.8 Å². The number of nitrogens with zero attached hydrogens (tertiary/aromatic N) is 4. The van der Waals surface area contributed by atoms with Crippen LogP contribution in [0.1, 0.15) is 41.6 Å². The minimum atomic E-state index is -3.86. The number of nitrogens with two attached hydrogens (primary N) is 1. The molecule has 10 nitrogen and oxygen atoms in total. The Bertz CT molecular complexity index is 1740. The SMILES string of the molecule is Cc1noc(C)c1-c1cnc2c3ccc(CNS(N)(=O)=O)nc3n(C(c3ccccc3)C3CCOCC3)c2c1. The van der Waals surface area contributed by atoms with Crippen LogP contribution in [0.3, 0.4) is 0 Å². The van der Waals surface area contributed by atoms with E-state index >= 15 is 0 Å². The third-order valence-corrected chi connectivity index (χ3v) is 8.00. The number of hydrogen-bond acceptors (Lipinski definition) is 7. The molecule has 5 heterocycles. The highest BCUT2D eigenvalue weighted by Crippen LogP contribution is 2.41. The van der Waals surface area contributed by atoms with Crippen LogP contribution in [-0.4, -0.2) is 41.3 Å². The van der Waals surface area contributed by atoms with Gasteiger partial charge in [-0.05, 0) is 56.4 Å². The van der Waals surface area contributed by atoms with Gasteiger partial charge in [-0.2, -0.15) is 13.1 Å². The molecule has 5 aromatic rings. The largest absolute Gasteiger partial charge is 0.381 e. The van der Waals surface area contributed by atoms with Gasteiger partial charge < -0.3 is 13.8 Å². The summed E-state index contributed by atoms with van der Waals surface area (Å²) in [4.78, 5) is 9.88. The van der Waals surface area contributed by atoms with Crippen molar-refractivity contribution >= 4 is 32.3 Å². The Morgan fingerprint density at radius 3 is 2.59 bits per heavy atom. The maximum atomic E-state index is 11.6. The molecule has 202 valence electrons. The highest BCUT2D eigenvalue weighted by Gasteiger charge is 2.31. The van der Waals surface area contributed by atoms with E-state index in [9.17, 15) is 8.42 Å². The normalized spacial score (nSPS) is 15.8. The third-order valence-electron chi connectivity index (χ3n) is 7.45. The molecule has 4 aromatic heterocycles. The summed E-state index contributed by atoms with van der Waals surface area (Å²) in [6.45, 7) is 5.21. The lowest BCUT2D eigenvalue weighted by Gasteiger charge is -2.32. The molecular weight excluding hydrogens is 516 g/mol. The molecule has 3 N–H and O–H groups in total. The number of fused-ring (bicyclic) bond motifs is 3. The predicted molar refractivity (Wildman–Crippen MR) is 148 cm³/mol. The first-order valence-electron chi connectivity index (χ1n) is 12.9. The van der Waals surface area contributed by atoms with E-state index < -0.39 is 10.2 Å². The summed E-state index contributed by atoms with van der Waals surface area (Å²) in [5.74, 6) is 1.03. The van der Waals surface area contributed by atoms with Crippen LogP contribution >= 0.6 is 0 Å². The summed E-state index contributed by atoms with van der Waals surface area (Å²) in [6.07, 6.45) is 3.66. The first kappa shape index (κ1) is 25.6. The zero-order valence-electron chi connectivity index (χ0n) is 21.8. The number of rotatable bonds is 7. The fraction of sp³-hybridized carbons (Fsp3) is 0.321. The van der Waals surface area contributed by atoms with E-state index in [0.29, 0.717) is 24.8 Å². The molecule has 1 unspecified atom stereocenters.